The van der Waals surface area contributed by atoms with Crippen molar-refractivity contribution in [3.05, 3.63) is 29.8 Å². The summed E-state index contributed by atoms with van der Waals surface area (Å²) in [4.78, 5) is 25.2. The molecule has 2 unspecified atom stereocenters. The number of likely N-dealkylation sites (tertiary alicyclic amines) is 1. The van der Waals surface area contributed by atoms with Gasteiger partial charge in [-0.2, -0.15) is 17.5 Å². The second kappa shape index (κ2) is 14.3. The van der Waals surface area contributed by atoms with E-state index in [1.54, 1.807) is 4.90 Å². The molecule has 9 nitrogen and oxygen atoms in total. The van der Waals surface area contributed by atoms with Gasteiger partial charge in [0.15, 0.2) is 11.6 Å². The van der Waals surface area contributed by atoms with E-state index in [2.05, 4.69) is 24.1 Å². The summed E-state index contributed by atoms with van der Waals surface area (Å²) in [6, 6.07) is 3.29. The number of amides is 1. The average molecular weight is 587 g/mol. The number of carboxylic acid groups (broad SMARTS) is 1. The van der Waals surface area contributed by atoms with Gasteiger partial charge in [-0.05, 0) is 44.9 Å². The number of alkyl halides is 3. The minimum atomic E-state index is -5.08. The molecule has 3 rings (SSSR count). The highest BCUT2D eigenvalue weighted by atomic mass is 32.2. The normalized spacial score (nSPS) is 20.9. The summed E-state index contributed by atoms with van der Waals surface area (Å²) >= 11 is 0. The fourth-order valence-corrected chi connectivity index (χ4v) is 6.02. The molecule has 0 aromatic heterocycles. The van der Waals surface area contributed by atoms with Crippen LogP contribution in [0.25, 0.3) is 0 Å². The molecule has 2 N–H and O–H groups in total. The van der Waals surface area contributed by atoms with Crippen molar-refractivity contribution in [3.8, 4) is 0 Å². The summed E-state index contributed by atoms with van der Waals surface area (Å²) in [6.45, 7) is 7.60. The van der Waals surface area contributed by atoms with Gasteiger partial charge in [0.05, 0.1) is 4.90 Å². The summed E-state index contributed by atoms with van der Waals surface area (Å²) in [6.07, 6.45) is -1.77. The number of sulfonamides is 1. The van der Waals surface area contributed by atoms with E-state index in [-0.39, 0.29) is 30.3 Å². The van der Waals surface area contributed by atoms with Gasteiger partial charge in [0, 0.05) is 64.3 Å². The Kier molecular flexibility index (Phi) is 12.1. The minimum absolute atomic E-state index is 0.000687. The number of benzene rings is 1. The number of aliphatic carboxylic acids is 1. The number of hydrogen-bond donors (Lipinski definition) is 2. The Bertz CT molecular complexity index is 1070. The van der Waals surface area contributed by atoms with Gasteiger partial charge in [-0.1, -0.05) is 6.42 Å². The first kappa shape index (κ1) is 32.8. The number of piperazine rings is 1. The second-order valence-electron chi connectivity index (χ2n) is 9.53. The molecule has 2 heterocycles. The second-order valence-corrected chi connectivity index (χ2v) is 11.5. The Morgan fingerprint density at radius 3 is 2.13 bits per heavy atom. The van der Waals surface area contributed by atoms with E-state index in [1.807, 2.05) is 0 Å². The highest BCUT2D eigenvalue weighted by Gasteiger charge is 2.38. The van der Waals surface area contributed by atoms with Gasteiger partial charge >= 0.3 is 12.1 Å². The summed E-state index contributed by atoms with van der Waals surface area (Å²) < 4.78 is 86.7. The number of rotatable bonds is 8. The van der Waals surface area contributed by atoms with Crippen LogP contribution in [0, 0.1) is 11.6 Å². The van der Waals surface area contributed by atoms with Crippen molar-refractivity contribution in [1.29, 1.82) is 0 Å². The lowest BCUT2D eigenvalue weighted by Crippen LogP contribution is -2.49. The average Bonchev–Trinajstić information content (AvgIpc) is 2.87. The number of nitrogens with one attached hydrogen (secondary N) is 1. The molecule has 15 heteroatoms. The topological polar surface area (TPSA) is 110 Å². The molecule has 1 amide bonds. The van der Waals surface area contributed by atoms with Crippen molar-refractivity contribution in [2.24, 2.45) is 0 Å². The third-order valence-corrected chi connectivity index (χ3v) is 8.69. The van der Waals surface area contributed by atoms with Gasteiger partial charge in [-0.25, -0.2) is 22.0 Å². The smallest absolute Gasteiger partial charge is 0.475 e. The van der Waals surface area contributed by atoms with Crippen LogP contribution < -0.4 is 5.32 Å². The van der Waals surface area contributed by atoms with Crippen LogP contribution in [0.5, 0.6) is 0 Å². The van der Waals surface area contributed by atoms with E-state index in [1.165, 1.54) is 4.31 Å². The summed E-state index contributed by atoms with van der Waals surface area (Å²) in [5.41, 5.74) is 0. The Morgan fingerprint density at radius 2 is 1.62 bits per heavy atom. The molecule has 222 valence electrons. The van der Waals surface area contributed by atoms with E-state index in [0.717, 1.165) is 31.4 Å². The van der Waals surface area contributed by atoms with Gasteiger partial charge in [0.1, 0.15) is 0 Å². The zero-order valence-electron chi connectivity index (χ0n) is 21.9. The Hall–Kier alpha value is -2.36. The minimum Gasteiger partial charge on any atom is -0.475 e. The lowest BCUT2D eigenvalue weighted by Gasteiger charge is -2.40. The zero-order chi connectivity index (χ0) is 29.4. The van der Waals surface area contributed by atoms with E-state index >= 15 is 0 Å². The first-order valence-electron chi connectivity index (χ1n) is 12.6. The largest absolute Gasteiger partial charge is 0.490 e. The third kappa shape index (κ3) is 9.65. The predicted octanol–water partition coefficient (Wildman–Crippen LogP) is 2.67. The molecule has 2 aliphatic heterocycles. The Balaban J connectivity index is 0.000000673. The quantitative estimate of drug-likeness (QED) is 0.451. The Labute approximate surface area is 225 Å². The Morgan fingerprint density at radius 1 is 1.05 bits per heavy atom. The highest BCUT2D eigenvalue weighted by molar-refractivity contribution is 7.89. The third-order valence-electron chi connectivity index (χ3n) is 6.80. The van der Waals surface area contributed by atoms with Crippen LogP contribution in [0.1, 0.15) is 39.5 Å². The van der Waals surface area contributed by atoms with Crippen LogP contribution in [-0.4, -0.2) is 104 Å². The van der Waals surface area contributed by atoms with Crippen LogP contribution in [0.2, 0.25) is 0 Å². The van der Waals surface area contributed by atoms with E-state index < -0.39 is 33.8 Å². The van der Waals surface area contributed by atoms with Crippen LogP contribution in [0.3, 0.4) is 0 Å². The van der Waals surface area contributed by atoms with Crippen molar-refractivity contribution in [3.63, 3.8) is 0 Å². The number of carboxylic acids is 1. The lowest BCUT2D eigenvalue weighted by molar-refractivity contribution is -0.192. The molecular weight excluding hydrogens is 551 g/mol. The number of piperidine rings is 1. The van der Waals surface area contributed by atoms with Crippen molar-refractivity contribution < 1.29 is 45.1 Å². The maximum absolute atomic E-state index is 13.8. The maximum Gasteiger partial charge on any atom is 0.490 e. The molecule has 0 aliphatic carbocycles. The van der Waals surface area contributed by atoms with Crippen LogP contribution in [0.15, 0.2) is 23.1 Å². The van der Waals surface area contributed by atoms with Crippen LogP contribution in [-0.2, 0) is 19.6 Å². The summed E-state index contributed by atoms with van der Waals surface area (Å²) in [5, 5.41) is 10.3. The number of carbonyl (C=O) groups excluding carboxylic acids is 1. The molecule has 0 saturated carbocycles. The van der Waals surface area contributed by atoms with E-state index in [0.29, 0.717) is 50.9 Å². The summed E-state index contributed by atoms with van der Waals surface area (Å²) in [7, 11) is -4.09. The zero-order valence-corrected chi connectivity index (χ0v) is 22.7. The predicted molar refractivity (Wildman–Crippen MR) is 132 cm³/mol. The molecule has 0 bridgehead atoms. The molecule has 2 aliphatic rings. The molecule has 1 aromatic rings. The maximum atomic E-state index is 13.8. The van der Waals surface area contributed by atoms with Crippen molar-refractivity contribution in [2.45, 2.75) is 62.7 Å². The molecule has 2 atom stereocenters. The number of nitrogens with zero attached hydrogens (tertiary/aromatic N) is 3. The molecule has 2 saturated heterocycles. The first-order valence-corrected chi connectivity index (χ1v) is 14.1. The monoisotopic (exact) mass is 586 g/mol. The molecular formula is C24H35F5N4O5S. The first-order chi connectivity index (χ1) is 18.1. The van der Waals surface area contributed by atoms with Crippen LogP contribution >= 0.6 is 0 Å². The molecule has 39 heavy (non-hydrogen) atoms. The van der Waals surface area contributed by atoms with Gasteiger partial charge in [-0.15, -0.1) is 0 Å². The molecule has 1 aromatic carbocycles. The van der Waals surface area contributed by atoms with E-state index in [9.17, 15) is 35.2 Å². The van der Waals surface area contributed by atoms with Crippen LogP contribution in [0.4, 0.5) is 22.0 Å². The number of carbonyl (C=O) groups is 2. The van der Waals surface area contributed by atoms with Gasteiger partial charge in [0.25, 0.3) is 0 Å². The fraction of sp³-hybridized carbons (Fsp3) is 0.667. The fourth-order valence-electron chi connectivity index (χ4n) is 4.57. The molecule has 2 fully saturated rings. The summed E-state index contributed by atoms with van der Waals surface area (Å²) in [5.74, 6) is -5.16. The van der Waals surface area contributed by atoms with Crippen molar-refractivity contribution >= 4 is 21.9 Å². The number of halogens is 5. The standard InChI is InChI=1S/C22H34F2N4O3S.C2HF3O2/c1-17-4-3-5-18(2)28(17)15-14-27(11-8-22(29)26-12-9-25-10-13-26)32(30,31)19-6-7-20(23)21(24)16-19;3-2(4,5)1(6)7/h6-7,16-18,25H,3-5,8-15H2,1-2H3;(H,6,7). The van der Waals surface area contributed by atoms with Gasteiger partial charge in [0.2, 0.25) is 15.9 Å². The van der Waals surface area contributed by atoms with Crippen molar-refractivity contribution in [1.82, 2.24) is 19.4 Å². The SMILES string of the molecule is CC1CCCC(C)N1CCN(CCC(=O)N1CCNCC1)S(=O)(=O)c1ccc(F)c(F)c1.O=C(O)C(F)(F)F. The molecule has 0 spiro atoms. The lowest BCUT2D eigenvalue weighted by atomic mass is 9.98. The van der Waals surface area contributed by atoms with E-state index in [4.69, 9.17) is 9.90 Å². The van der Waals surface area contributed by atoms with Gasteiger partial charge in [-0.3, -0.25) is 9.69 Å². The van der Waals surface area contributed by atoms with Crippen molar-refractivity contribution in [2.75, 3.05) is 45.8 Å². The number of hydrogen-bond acceptors (Lipinski definition) is 6. The highest BCUT2D eigenvalue weighted by Crippen LogP contribution is 2.24. The van der Waals surface area contributed by atoms with Gasteiger partial charge < -0.3 is 15.3 Å². The molecule has 0 radical (unpaired) electrons.